The molecule has 120 valence electrons. The molecule has 2 rings (SSSR count). The van der Waals surface area contributed by atoms with E-state index in [1.54, 1.807) is 11.8 Å². The lowest BCUT2D eigenvalue weighted by molar-refractivity contribution is -0.392. The molecule has 0 aliphatic carbocycles. The zero-order valence-corrected chi connectivity index (χ0v) is 12.9. The van der Waals surface area contributed by atoms with E-state index in [1.165, 1.54) is 16.8 Å². The summed E-state index contributed by atoms with van der Waals surface area (Å²) in [6, 6.07) is -0.351. The van der Waals surface area contributed by atoms with Gasteiger partial charge in [0.05, 0.1) is 12.6 Å². The van der Waals surface area contributed by atoms with Crippen LogP contribution in [0.1, 0.15) is 26.1 Å². The summed E-state index contributed by atoms with van der Waals surface area (Å²) in [4.78, 5) is 27.9. The van der Waals surface area contributed by atoms with Crippen LogP contribution in [0.5, 0.6) is 0 Å². The van der Waals surface area contributed by atoms with Crippen LogP contribution in [0.2, 0.25) is 0 Å². The Morgan fingerprint density at radius 3 is 2.73 bits per heavy atom. The average Bonchev–Trinajstić information content (AvgIpc) is 2.89. The van der Waals surface area contributed by atoms with E-state index >= 15 is 0 Å². The first-order valence-electron chi connectivity index (χ1n) is 7.19. The minimum atomic E-state index is -0.493. The van der Waals surface area contributed by atoms with Crippen LogP contribution in [-0.4, -0.2) is 43.0 Å². The highest BCUT2D eigenvalue weighted by Crippen LogP contribution is 2.24. The van der Waals surface area contributed by atoms with Crippen LogP contribution in [0.15, 0.2) is 18.0 Å². The van der Waals surface area contributed by atoms with E-state index in [2.05, 4.69) is 4.98 Å². The fraction of sp³-hybridized carbons (Fsp3) is 0.571. The van der Waals surface area contributed by atoms with Gasteiger partial charge >= 0.3 is 5.82 Å². The summed E-state index contributed by atoms with van der Waals surface area (Å²) in [6.45, 7) is 6.26. The van der Waals surface area contributed by atoms with Crippen molar-refractivity contribution in [3.05, 3.63) is 34.0 Å². The Kier molecular flexibility index (Phi) is 4.48. The predicted molar refractivity (Wildman–Crippen MR) is 79.3 cm³/mol. The Morgan fingerprint density at radius 1 is 1.45 bits per heavy atom. The second-order valence-electron chi connectivity index (χ2n) is 5.82. The van der Waals surface area contributed by atoms with Crippen molar-refractivity contribution in [2.75, 3.05) is 6.54 Å². The lowest BCUT2D eigenvalue weighted by Crippen LogP contribution is -2.38. The number of aliphatic hydroxyl groups excluding tert-OH is 1. The number of carbonyl (C=O) groups is 1. The first-order valence-corrected chi connectivity index (χ1v) is 7.19. The van der Waals surface area contributed by atoms with Gasteiger partial charge in [0.15, 0.2) is 5.82 Å². The third-order valence-corrected chi connectivity index (χ3v) is 3.75. The van der Waals surface area contributed by atoms with Crippen LogP contribution >= 0.6 is 0 Å². The van der Waals surface area contributed by atoms with E-state index in [0.717, 1.165) is 0 Å². The largest absolute Gasteiger partial charge is 0.510 e. The molecule has 1 aliphatic heterocycles. The zero-order valence-electron chi connectivity index (χ0n) is 12.9. The van der Waals surface area contributed by atoms with Crippen LogP contribution in [0.4, 0.5) is 5.82 Å². The molecule has 8 heteroatoms. The molecule has 22 heavy (non-hydrogen) atoms. The van der Waals surface area contributed by atoms with E-state index in [1.807, 2.05) is 13.8 Å². The van der Waals surface area contributed by atoms with Crippen molar-refractivity contribution < 1.29 is 14.8 Å². The van der Waals surface area contributed by atoms with Crippen molar-refractivity contribution in [3.8, 4) is 0 Å². The van der Waals surface area contributed by atoms with Gasteiger partial charge in [-0.05, 0) is 17.3 Å². The summed E-state index contributed by atoms with van der Waals surface area (Å²) in [5.41, 5.74) is 0. The molecule has 1 N–H and O–H groups in total. The zero-order chi connectivity index (χ0) is 16.4. The molecule has 0 spiro atoms. The molecule has 1 atom stereocenters. The van der Waals surface area contributed by atoms with Crippen molar-refractivity contribution >= 4 is 11.7 Å². The summed E-state index contributed by atoms with van der Waals surface area (Å²) >= 11 is 0. The molecule has 1 aromatic rings. The second-order valence-corrected chi connectivity index (χ2v) is 5.82. The van der Waals surface area contributed by atoms with Crippen LogP contribution in [0.25, 0.3) is 0 Å². The van der Waals surface area contributed by atoms with Gasteiger partial charge in [-0.2, -0.15) is 0 Å². The SMILES string of the molecule is Cc1ncc([N+](=O)[O-])n1CCN1C(=O)C=C(O)[C@H]1CC(C)C. The smallest absolute Gasteiger partial charge is 0.342 e. The highest BCUT2D eigenvalue weighted by molar-refractivity contribution is 5.91. The summed E-state index contributed by atoms with van der Waals surface area (Å²) in [7, 11) is 0. The number of carbonyl (C=O) groups excluding carboxylic acids is 1. The molecule has 0 radical (unpaired) electrons. The number of nitro groups is 1. The molecule has 0 aromatic carbocycles. The second kappa shape index (κ2) is 6.17. The molecule has 0 bridgehead atoms. The van der Waals surface area contributed by atoms with Gasteiger partial charge in [-0.15, -0.1) is 0 Å². The van der Waals surface area contributed by atoms with Crippen molar-refractivity contribution in [1.29, 1.82) is 0 Å². The van der Waals surface area contributed by atoms with Gasteiger partial charge in [0, 0.05) is 13.0 Å². The first-order chi connectivity index (χ1) is 10.3. The molecular formula is C14H20N4O4. The number of nitrogens with zero attached hydrogens (tertiary/aromatic N) is 4. The van der Waals surface area contributed by atoms with Crippen molar-refractivity contribution in [2.24, 2.45) is 5.92 Å². The third-order valence-electron chi connectivity index (χ3n) is 3.75. The molecular weight excluding hydrogens is 288 g/mol. The van der Waals surface area contributed by atoms with Crippen LogP contribution in [0.3, 0.4) is 0 Å². The average molecular weight is 308 g/mol. The number of imidazole rings is 1. The predicted octanol–water partition coefficient (Wildman–Crippen LogP) is 1.80. The van der Waals surface area contributed by atoms with Gasteiger partial charge in [0.1, 0.15) is 18.5 Å². The lowest BCUT2D eigenvalue weighted by atomic mass is 10.0. The van der Waals surface area contributed by atoms with E-state index in [4.69, 9.17) is 0 Å². The topological polar surface area (TPSA) is 102 Å². The number of aryl methyl sites for hydroxylation is 1. The Morgan fingerprint density at radius 2 is 2.14 bits per heavy atom. The quantitative estimate of drug-likeness (QED) is 0.637. The molecule has 0 saturated heterocycles. The van der Waals surface area contributed by atoms with E-state index in [-0.39, 0.29) is 36.6 Å². The van der Waals surface area contributed by atoms with Gasteiger partial charge in [0.2, 0.25) is 0 Å². The molecule has 0 saturated carbocycles. The first kappa shape index (κ1) is 16.0. The minimum Gasteiger partial charge on any atom is -0.510 e. The Labute approximate surface area is 128 Å². The number of aliphatic hydroxyl groups is 1. The van der Waals surface area contributed by atoms with Crippen LogP contribution in [0, 0.1) is 23.0 Å². The Balaban J connectivity index is 2.12. The summed E-state index contributed by atoms with van der Waals surface area (Å²) in [6.07, 6.45) is 3.09. The molecule has 1 amide bonds. The van der Waals surface area contributed by atoms with Crippen LogP contribution < -0.4 is 0 Å². The molecule has 1 aliphatic rings. The normalized spacial score (nSPS) is 18.2. The van der Waals surface area contributed by atoms with Crippen molar-refractivity contribution in [1.82, 2.24) is 14.5 Å². The van der Waals surface area contributed by atoms with Gasteiger partial charge in [0.25, 0.3) is 5.91 Å². The summed E-state index contributed by atoms with van der Waals surface area (Å²) < 4.78 is 1.47. The minimum absolute atomic E-state index is 0.0653. The number of rotatable bonds is 6. The summed E-state index contributed by atoms with van der Waals surface area (Å²) in [5, 5.41) is 20.9. The number of hydrogen-bond donors (Lipinski definition) is 1. The number of hydrogen-bond acceptors (Lipinski definition) is 5. The standard InChI is InChI=1S/C14H20N4O4/c1-9(2)6-11-12(19)7-14(20)17(11)5-4-16-10(3)15-8-13(16)18(21)22/h7-9,11,19H,4-6H2,1-3H3/t11-/m1/s1. The number of aromatic nitrogens is 2. The molecule has 1 aromatic heterocycles. The van der Waals surface area contributed by atoms with Crippen molar-refractivity contribution in [2.45, 2.75) is 39.8 Å². The third kappa shape index (κ3) is 3.10. The highest BCUT2D eigenvalue weighted by atomic mass is 16.6. The molecule has 0 fully saturated rings. The fourth-order valence-corrected chi connectivity index (χ4v) is 2.67. The molecule has 0 unspecified atom stereocenters. The van der Waals surface area contributed by atoms with E-state index in [9.17, 15) is 20.0 Å². The van der Waals surface area contributed by atoms with Gasteiger partial charge in [-0.3, -0.25) is 4.79 Å². The fourth-order valence-electron chi connectivity index (χ4n) is 2.67. The maximum absolute atomic E-state index is 12.0. The maximum Gasteiger partial charge on any atom is 0.342 e. The Bertz CT molecular complexity index is 620. The van der Waals surface area contributed by atoms with Gasteiger partial charge in [-0.1, -0.05) is 13.8 Å². The van der Waals surface area contributed by atoms with Crippen molar-refractivity contribution in [3.63, 3.8) is 0 Å². The van der Waals surface area contributed by atoms with Gasteiger partial charge in [-0.25, -0.2) is 9.55 Å². The maximum atomic E-state index is 12.0. The molecule has 2 heterocycles. The van der Waals surface area contributed by atoms with Gasteiger partial charge < -0.3 is 20.1 Å². The lowest BCUT2D eigenvalue weighted by Gasteiger charge is -2.26. The van der Waals surface area contributed by atoms with E-state index in [0.29, 0.717) is 18.2 Å². The number of amides is 1. The van der Waals surface area contributed by atoms with Crippen LogP contribution in [-0.2, 0) is 11.3 Å². The molecule has 8 nitrogen and oxygen atoms in total. The van der Waals surface area contributed by atoms with E-state index < -0.39 is 4.92 Å². The summed E-state index contributed by atoms with van der Waals surface area (Å²) in [5.74, 6) is 0.551. The Hall–Kier alpha value is -2.38. The highest BCUT2D eigenvalue weighted by Gasteiger charge is 2.33. The monoisotopic (exact) mass is 308 g/mol.